The van der Waals surface area contributed by atoms with Gasteiger partial charge in [-0.05, 0) is 52.4 Å². The third-order valence-corrected chi connectivity index (χ3v) is 7.14. The van der Waals surface area contributed by atoms with Gasteiger partial charge in [-0.3, -0.25) is 19.3 Å². The summed E-state index contributed by atoms with van der Waals surface area (Å²) in [6.45, 7) is 2.42. The number of rotatable bonds is 5. The molecule has 1 aliphatic carbocycles. The topological polar surface area (TPSA) is 73.0 Å². The number of fused-ring (bicyclic) bond motifs is 3. The van der Waals surface area contributed by atoms with Gasteiger partial charge in [0, 0.05) is 18.5 Å². The summed E-state index contributed by atoms with van der Waals surface area (Å²) in [7, 11) is 4.12. The number of hydrogen-bond donors (Lipinski definition) is 1. The summed E-state index contributed by atoms with van der Waals surface area (Å²) in [5.41, 5.74) is 0.324. The van der Waals surface area contributed by atoms with Gasteiger partial charge in [-0.2, -0.15) is 0 Å². The summed E-state index contributed by atoms with van der Waals surface area (Å²) in [5, 5.41) is 3.07. The van der Waals surface area contributed by atoms with Crippen LogP contribution in [0.4, 0.5) is 5.69 Å². The Labute approximate surface area is 172 Å². The number of carbonyl (C=O) groups excluding carboxylic acids is 3. The number of amides is 3. The van der Waals surface area contributed by atoms with Crippen LogP contribution >= 0.6 is 0 Å². The molecule has 4 rings (SSSR count). The highest BCUT2D eigenvalue weighted by molar-refractivity contribution is 6.11. The maximum Gasteiger partial charge on any atom is 0.258 e. The number of nitrogens with zero attached hydrogens (tertiary/aromatic N) is 3. The zero-order valence-corrected chi connectivity index (χ0v) is 17.5. The summed E-state index contributed by atoms with van der Waals surface area (Å²) < 4.78 is 0. The predicted octanol–water partition coefficient (Wildman–Crippen LogP) is 1.98. The molecule has 0 radical (unpaired) electrons. The quantitative estimate of drug-likeness (QED) is 0.823. The Balaban J connectivity index is 1.54. The molecule has 1 aromatic rings. The lowest BCUT2D eigenvalue weighted by Crippen LogP contribution is -2.64. The molecule has 1 saturated carbocycles. The largest absolute Gasteiger partial charge is 0.353 e. The first-order valence-electron chi connectivity index (χ1n) is 10.5. The highest BCUT2D eigenvalue weighted by atomic mass is 16.2. The van der Waals surface area contributed by atoms with E-state index >= 15 is 0 Å². The SMILES string of the molecule is CN(C)C1(CNC(=O)CN2C(=O)c3ccccc3N3C(=O)CCC23C)CCCC1. The first-order valence-corrected chi connectivity index (χ1v) is 10.5. The molecule has 0 spiro atoms. The van der Waals surface area contributed by atoms with Crippen molar-refractivity contribution in [2.75, 3.05) is 32.1 Å². The van der Waals surface area contributed by atoms with Crippen molar-refractivity contribution < 1.29 is 14.4 Å². The maximum atomic E-state index is 13.2. The lowest BCUT2D eigenvalue weighted by atomic mass is 9.96. The molecule has 3 aliphatic rings. The van der Waals surface area contributed by atoms with Crippen molar-refractivity contribution in [3.05, 3.63) is 29.8 Å². The van der Waals surface area contributed by atoms with Crippen molar-refractivity contribution in [3.8, 4) is 0 Å². The Hall–Kier alpha value is -2.41. The van der Waals surface area contributed by atoms with E-state index < -0.39 is 5.66 Å². The predicted molar refractivity (Wildman–Crippen MR) is 110 cm³/mol. The summed E-state index contributed by atoms with van der Waals surface area (Å²) in [5.74, 6) is -0.367. The van der Waals surface area contributed by atoms with Crippen molar-refractivity contribution in [1.82, 2.24) is 15.1 Å². The van der Waals surface area contributed by atoms with E-state index in [9.17, 15) is 14.4 Å². The molecule has 2 aliphatic heterocycles. The molecule has 1 aromatic carbocycles. The van der Waals surface area contributed by atoms with Gasteiger partial charge in [0.15, 0.2) is 0 Å². The normalized spacial score (nSPS) is 25.4. The average molecular weight is 399 g/mol. The van der Waals surface area contributed by atoms with Crippen molar-refractivity contribution in [2.45, 2.75) is 56.7 Å². The van der Waals surface area contributed by atoms with E-state index in [1.165, 1.54) is 12.8 Å². The monoisotopic (exact) mass is 398 g/mol. The van der Waals surface area contributed by atoms with Gasteiger partial charge in [0.2, 0.25) is 11.8 Å². The van der Waals surface area contributed by atoms with Crippen molar-refractivity contribution in [3.63, 3.8) is 0 Å². The minimum absolute atomic E-state index is 0.00428. The van der Waals surface area contributed by atoms with Gasteiger partial charge in [0.1, 0.15) is 12.2 Å². The molecule has 0 bridgehead atoms. The standard InChI is InChI=1S/C22H30N4O3/c1-21-13-10-19(28)26(21)17-9-5-4-8-16(17)20(29)25(21)14-18(27)23-15-22(24(2)3)11-6-7-12-22/h4-5,8-9H,6-7,10-15H2,1-3H3,(H,23,27). The smallest absolute Gasteiger partial charge is 0.258 e. The zero-order chi connectivity index (χ0) is 20.8. The fourth-order valence-corrected chi connectivity index (χ4v) is 5.22. The Morgan fingerprint density at radius 3 is 2.52 bits per heavy atom. The summed E-state index contributed by atoms with van der Waals surface area (Å²) >= 11 is 0. The number of carbonyl (C=O) groups is 3. The van der Waals surface area contributed by atoms with E-state index in [1.54, 1.807) is 21.9 Å². The van der Waals surface area contributed by atoms with Crippen LogP contribution in [0.25, 0.3) is 0 Å². The Morgan fingerprint density at radius 1 is 1.14 bits per heavy atom. The van der Waals surface area contributed by atoms with Crippen LogP contribution < -0.4 is 10.2 Å². The Bertz CT molecular complexity index is 846. The number of hydrogen-bond acceptors (Lipinski definition) is 4. The van der Waals surface area contributed by atoms with E-state index in [0.717, 1.165) is 12.8 Å². The van der Waals surface area contributed by atoms with E-state index in [-0.39, 0.29) is 29.8 Å². The van der Waals surface area contributed by atoms with Gasteiger partial charge in [-0.1, -0.05) is 25.0 Å². The van der Waals surface area contributed by atoms with Crippen LogP contribution in [0, 0.1) is 0 Å². The molecule has 2 heterocycles. The molecule has 1 saturated heterocycles. The maximum absolute atomic E-state index is 13.2. The Morgan fingerprint density at radius 2 is 1.83 bits per heavy atom. The number of nitrogens with one attached hydrogen (secondary N) is 1. The van der Waals surface area contributed by atoms with Gasteiger partial charge in [0.25, 0.3) is 5.91 Å². The molecular formula is C22H30N4O3. The first-order chi connectivity index (χ1) is 13.8. The van der Waals surface area contributed by atoms with E-state index in [0.29, 0.717) is 30.6 Å². The first kappa shape index (κ1) is 19.9. The van der Waals surface area contributed by atoms with Crippen LogP contribution in [-0.2, 0) is 9.59 Å². The molecule has 1 atom stereocenters. The van der Waals surface area contributed by atoms with E-state index in [1.807, 2.05) is 19.1 Å². The van der Waals surface area contributed by atoms with Gasteiger partial charge in [-0.15, -0.1) is 0 Å². The molecule has 1 unspecified atom stereocenters. The molecule has 29 heavy (non-hydrogen) atoms. The molecule has 156 valence electrons. The van der Waals surface area contributed by atoms with Gasteiger partial charge < -0.3 is 15.1 Å². The molecule has 7 nitrogen and oxygen atoms in total. The summed E-state index contributed by atoms with van der Waals surface area (Å²) in [6, 6.07) is 7.17. The van der Waals surface area contributed by atoms with Crippen molar-refractivity contribution in [2.24, 2.45) is 0 Å². The number of anilines is 1. The third kappa shape index (κ3) is 3.12. The molecule has 2 fully saturated rings. The number of para-hydroxylation sites is 1. The van der Waals surface area contributed by atoms with Gasteiger partial charge in [0.05, 0.1) is 11.3 Å². The summed E-state index contributed by atoms with van der Waals surface area (Å²) in [4.78, 5) is 44.2. The number of benzene rings is 1. The van der Waals surface area contributed by atoms with Crippen molar-refractivity contribution in [1.29, 1.82) is 0 Å². The second-order valence-corrected chi connectivity index (χ2v) is 8.96. The fourth-order valence-electron chi connectivity index (χ4n) is 5.22. The van der Waals surface area contributed by atoms with Crippen LogP contribution in [0.3, 0.4) is 0 Å². The summed E-state index contributed by atoms with van der Waals surface area (Å²) in [6.07, 6.45) is 5.38. The third-order valence-electron chi connectivity index (χ3n) is 7.14. The highest BCUT2D eigenvalue weighted by Gasteiger charge is 2.53. The van der Waals surface area contributed by atoms with Crippen LogP contribution in [0.5, 0.6) is 0 Å². The van der Waals surface area contributed by atoms with Gasteiger partial charge >= 0.3 is 0 Å². The van der Waals surface area contributed by atoms with E-state index in [2.05, 4.69) is 24.3 Å². The lowest BCUT2D eigenvalue weighted by Gasteiger charge is -2.48. The minimum atomic E-state index is -0.799. The number of likely N-dealkylation sites (N-methyl/N-ethyl adjacent to an activating group) is 1. The van der Waals surface area contributed by atoms with E-state index in [4.69, 9.17) is 0 Å². The minimum Gasteiger partial charge on any atom is -0.353 e. The second kappa shape index (κ2) is 7.13. The highest BCUT2D eigenvalue weighted by Crippen LogP contribution is 2.43. The molecular weight excluding hydrogens is 368 g/mol. The van der Waals surface area contributed by atoms with Crippen LogP contribution in [0.15, 0.2) is 24.3 Å². The fraction of sp³-hybridized carbons (Fsp3) is 0.591. The van der Waals surface area contributed by atoms with Crippen molar-refractivity contribution >= 4 is 23.4 Å². The Kier molecular flexibility index (Phi) is 4.89. The molecule has 7 heteroatoms. The van der Waals surface area contributed by atoms with Crippen LogP contribution in [0.1, 0.15) is 55.8 Å². The average Bonchev–Trinajstić information content (AvgIpc) is 3.30. The van der Waals surface area contributed by atoms with Gasteiger partial charge in [-0.25, -0.2) is 0 Å². The molecule has 1 N–H and O–H groups in total. The van der Waals surface area contributed by atoms with Crippen LogP contribution in [0.2, 0.25) is 0 Å². The molecule has 0 aromatic heterocycles. The second-order valence-electron chi connectivity index (χ2n) is 8.96. The zero-order valence-electron chi connectivity index (χ0n) is 17.5. The lowest BCUT2D eigenvalue weighted by molar-refractivity contribution is -0.124. The molecule has 3 amide bonds. The van der Waals surface area contributed by atoms with Crippen LogP contribution in [-0.4, -0.2) is 65.9 Å².